The number of carbonyl (C=O) groups is 1. The zero-order valence-electron chi connectivity index (χ0n) is 13.6. The summed E-state index contributed by atoms with van der Waals surface area (Å²) in [4.78, 5) is 35.5. The summed E-state index contributed by atoms with van der Waals surface area (Å²) >= 11 is 1.51. The normalized spacial score (nSPS) is 19.0. The minimum Gasteiger partial charge on any atom is -0.318 e. The molecule has 126 valence electrons. The van der Waals surface area contributed by atoms with Crippen LogP contribution in [0.1, 0.15) is 55.3 Å². The van der Waals surface area contributed by atoms with Gasteiger partial charge in [-0.05, 0) is 37.7 Å². The summed E-state index contributed by atoms with van der Waals surface area (Å²) < 4.78 is 1.86. The monoisotopic (exact) mass is 345 g/mol. The van der Waals surface area contributed by atoms with Crippen molar-refractivity contribution in [3.63, 3.8) is 0 Å². The van der Waals surface area contributed by atoms with Gasteiger partial charge in [0.25, 0.3) is 5.56 Å². The number of fused-ring (bicyclic) bond motifs is 4. The van der Waals surface area contributed by atoms with Gasteiger partial charge in [0.1, 0.15) is 10.7 Å². The zero-order chi connectivity index (χ0) is 16.7. The van der Waals surface area contributed by atoms with Crippen LogP contribution in [0.25, 0.3) is 10.2 Å². The topological polar surface area (TPSA) is 73.5 Å². The summed E-state index contributed by atoms with van der Waals surface area (Å²) in [7, 11) is 0. The van der Waals surface area contributed by atoms with E-state index in [9.17, 15) is 9.59 Å². The Balaban J connectivity index is 1.90. The number of hydrogen-bond donors (Lipinski definition) is 0. The van der Waals surface area contributed by atoms with Gasteiger partial charge in [-0.15, -0.1) is 11.3 Å². The Morgan fingerprint density at radius 3 is 2.92 bits per heavy atom. The minimum absolute atomic E-state index is 0.0862. The molecule has 7 heteroatoms. The summed E-state index contributed by atoms with van der Waals surface area (Å²) in [6, 6.07) is 0. The highest BCUT2D eigenvalue weighted by molar-refractivity contribution is 7.20. The van der Waals surface area contributed by atoms with Gasteiger partial charge in [0, 0.05) is 19.9 Å². The SMILES string of the molecule is CC(=O)O/N=C1\CCCc2c1sc1nc3n(c(=O)c21)CCCCC3. The summed E-state index contributed by atoms with van der Waals surface area (Å²) in [5.74, 6) is 0.475. The molecule has 0 aromatic carbocycles. The van der Waals surface area contributed by atoms with Crippen LogP contribution in [-0.4, -0.2) is 21.2 Å². The van der Waals surface area contributed by atoms with Gasteiger partial charge < -0.3 is 4.84 Å². The van der Waals surface area contributed by atoms with Gasteiger partial charge in [-0.25, -0.2) is 9.78 Å². The summed E-state index contributed by atoms with van der Waals surface area (Å²) in [5, 5.41) is 4.75. The van der Waals surface area contributed by atoms with Crippen LogP contribution in [0.5, 0.6) is 0 Å². The van der Waals surface area contributed by atoms with Crippen LogP contribution in [0, 0.1) is 0 Å². The van der Waals surface area contributed by atoms with Gasteiger partial charge in [-0.3, -0.25) is 9.36 Å². The lowest BCUT2D eigenvalue weighted by atomic mass is 9.95. The highest BCUT2D eigenvalue weighted by Gasteiger charge is 2.26. The molecule has 0 radical (unpaired) electrons. The van der Waals surface area contributed by atoms with Crippen LogP contribution in [0.15, 0.2) is 9.95 Å². The zero-order valence-corrected chi connectivity index (χ0v) is 14.4. The fraction of sp³-hybridized carbons (Fsp3) is 0.529. The van der Waals surface area contributed by atoms with Crippen molar-refractivity contribution in [2.45, 2.75) is 58.4 Å². The van der Waals surface area contributed by atoms with Gasteiger partial charge in [0.15, 0.2) is 0 Å². The molecule has 1 aliphatic heterocycles. The first-order chi connectivity index (χ1) is 11.6. The Hall–Kier alpha value is -2.02. The predicted octanol–water partition coefficient (Wildman–Crippen LogP) is 2.79. The Labute approximate surface area is 143 Å². The first-order valence-electron chi connectivity index (χ1n) is 8.45. The van der Waals surface area contributed by atoms with Gasteiger partial charge in [0.05, 0.1) is 16.0 Å². The van der Waals surface area contributed by atoms with Gasteiger partial charge >= 0.3 is 5.97 Å². The van der Waals surface area contributed by atoms with Crippen molar-refractivity contribution in [3.05, 3.63) is 26.6 Å². The minimum atomic E-state index is -0.430. The Kier molecular flexibility index (Phi) is 3.96. The number of oxime groups is 1. The van der Waals surface area contributed by atoms with Crippen molar-refractivity contribution in [1.29, 1.82) is 0 Å². The largest absolute Gasteiger partial charge is 0.331 e. The van der Waals surface area contributed by atoms with E-state index in [1.54, 1.807) is 0 Å². The molecule has 0 saturated carbocycles. The lowest BCUT2D eigenvalue weighted by Crippen LogP contribution is -2.25. The quantitative estimate of drug-likeness (QED) is 0.588. The van der Waals surface area contributed by atoms with Crippen LogP contribution >= 0.6 is 11.3 Å². The first-order valence-corrected chi connectivity index (χ1v) is 9.26. The van der Waals surface area contributed by atoms with E-state index in [-0.39, 0.29) is 5.56 Å². The number of carbonyl (C=O) groups excluding carboxylic acids is 1. The molecule has 3 heterocycles. The second kappa shape index (κ2) is 6.12. The third-order valence-electron chi connectivity index (χ3n) is 4.66. The van der Waals surface area contributed by atoms with Crippen LogP contribution in [0.4, 0.5) is 0 Å². The molecule has 4 rings (SSSR count). The number of rotatable bonds is 1. The molecule has 2 aromatic rings. The molecule has 0 bridgehead atoms. The molecule has 0 amide bonds. The maximum Gasteiger partial charge on any atom is 0.331 e. The van der Waals surface area contributed by atoms with Crippen LogP contribution in [-0.2, 0) is 29.0 Å². The summed E-state index contributed by atoms with van der Waals surface area (Å²) in [6.45, 7) is 2.10. The van der Waals surface area contributed by atoms with E-state index in [1.807, 2.05) is 4.57 Å². The van der Waals surface area contributed by atoms with Crippen molar-refractivity contribution in [2.24, 2.45) is 5.16 Å². The number of aryl methyl sites for hydroxylation is 2. The van der Waals surface area contributed by atoms with E-state index >= 15 is 0 Å². The second-order valence-corrected chi connectivity index (χ2v) is 7.36. The number of hydrogen-bond acceptors (Lipinski definition) is 6. The van der Waals surface area contributed by atoms with Gasteiger partial charge in [0.2, 0.25) is 0 Å². The number of nitrogens with zero attached hydrogens (tertiary/aromatic N) is 3. The van der Waals surface area contributed by atoms with Gasteiger partial charge in [-0.1, -0.05) is 11.6 Å². The molecule has 0 spiro atoms. The van der Waals surface area contributed by atoms with Crippen molar-refractivity contribution in [1.82, 2.24) is 9.55 Å². The Bertz CT molecular complexity index is 910. The van der Waals surface area contributed by atoms with Crippen molar-refractivity contribution in [3.8, 4) is 0 Å². The fourth-order valence-corrected chi connectivity index (χ4v) is 4.80. The molecule has 6 nitrogen and oxygen atoms in total. The maximum absolute atomic E-state index is 13.0. The number of thiophene rings is 1. The molecule has 0 atom stereocenters. The van der Waals surface area contributed by atoms with E-state index < -0.39 is 5.97 Å². The molecule has 2 aliphatic rings. The lowest BCUT2D eigenvalue weighted by Gasteiger charge is -2.13. The van der Waals surface area contributed by atoms with Crippen LogP contribution in [0.2, 0.25) is 0 Å². The number of aromatic nitrogens is 2. The molecular formula is C17H19N3O3S. The molecule has 1 aliphatic carbocycles. The second-order valence-electron chi connectivity index (χ2n) is 6.36. The van der Waals surface area contributed by atoms with E-state index in [0.717, 1.165) is 83.7 Å². The van der Waals surface area contributed by atoms with Crippen molar-refractivity contribution >= 4 is 33.2 Å². The predicted molar refractivity (Wildman–Crippen MR) is 92.7 cm³/mol. The molecule has 0 unspecified atom stereocenters. The molecule has 0 N–H and O–H groups in total. The Morgan fingerprint density at radius 2 is 2.08 bits per heavy atom. The standard InChI is InChI=1S/C17H19N3O3S/c1-10(21)23-19-12-7-5-6-11-14-16(24-15(11)12)18-13-8-3-2-4-9-20(13)17(14)22/h2-9H2,1H3/b19-12+. The summed E-state index contributed by atoms with van der Waals surface area (Å²) in [5.41, 5.74) is 1.88. The molecular weight excluding hydrogens is 326 g/mol. The maximum atomic E-state index is 13.0. The lowest BCUT2D eigenvalue weighted by molar-refractivity contribution is -0.140. The Morgan fingerprint density at radius 1 is 1.21 bits per heavy atom. The molecule has 2 aromatic heterocycles. The van der Waals surface area contributed by atoms with E-state index in [0.29, 0.717) is 0 Å². The van der Waals surface area contributed by atoms with Crippen molar-refractivity contribution in [2.75, 3.05) is 0 Å². The van der Waals surface area contributed by atoms with E-state index in [2.05, 4.69) is 5.16 Å². The van der Waals surface area contributed by atoms with E-state index in [4.69, 9.17) is 9.82 Å². The smallest absolute Gasteiger partial charge is 0.318 e. The first kappa shape index (κ1) is 15.5. The third-order valence-corrected chi connectivity index (χ3v) is 5.83. The van der Waals surface area contributed by atoms with Gasteiger partial charge in [-0.2, -0.15) is 0 Å². The average Bonchev–Trinajstić information content (AvgIpc) is 2.76. The summed E-state index contributed by atoms with van der Waals surface area (Å²) in [6.07, 6.45) is 6.64. The van der Waals surface area contributed by atoms with Crippen LogP contribution < -0.4 is 5.56 Å². The molecule has 24 heavy (non-hydrogen) atoms. The third kappa shape index (κ3) is 2.56. The molecule has 0 fully saturated rings. The highest BCUT2D eigenvalue weighted by Crippen LogP contribution is 2.34. The highest BCUT2D eigenvalue weighted by atomic mass is 32.1. The average molecular weight is 345 g/mol. The fourth-order valence-electron chi connectivity index (χ4n) is 3.56. The van der Waals surface area contributed by atoms with Crippen LogP contribution in [0.3, 0.4) is 0 Å². The van der Waals surface area contributed by atoms with Crippen molar-refractivity contribution < 1.29 is 9.63 Å². The molecule has 0 saturated heterocycles. The van der Waals surface area contributed by atoms with E-state index in [1.165, 1.54) is 18.3 Å².